The third-order valence-corrected chi connectivity index (χ3v) is 0. The molecular weight excluding hydrogens is 458 g/mol. The average Bonchev–Trinajstić information content (AvgIpc) is 1.41. The number of halogens is 3. The molecule has 0 saturated carbocycles. The summed E-state index contributed by atoms with van der Waals surface area (Å²) in [5.74, 6) is 0. The van der Waals surface area contributed by atoms with Gasteiger partial charge in [-0.1, -0.05) is 0 Å². The van der Waals surface area contributed by atoms with E-state index in [1.54, 1.807) is 0 Å². The van der Waals surface area contributed by atoms with E-state index in [4.69, 9.17) is 57.7 Å². The quantitative estimate of drug-likeness (QED) is 0.242. The van der Waals surface area contributed by atoms with Gasteiger partial charge in [0, 0.05) is 37.1 Å². The van der Waals surface area contributed by atoms with Crippen molar-refractivity contribution in [2.45, 2.75) is 0 Å². The van der Waals surface area contributed by atoms with Crippen LogP contribution in [0, 0.1) is 0 Å². The summed E-state index contributed by atoms with van der Waals surface area (Å²) >= 11 is 0. The maximum atomic E-state index is 8.55. The van der Waals surface area contributed by atoms with Gasteiger partial charge in [0.2, 0.25) is 0 Å². The van der Waals surface area contributed by atoms with E-state index in [1.807, 2.05) is 0 Å². The van der Waals surface area contributed by atoms with E-state index in [-0.39, 0.29) is 88.9 Å². The minimum absolute atomic E-state index is 0. The second-order valence-electron chi connectivity index (χ2n) is 1.34. The fourth-order valence-electron chi connectivity index (χ4n) is 0. The van der Waals surface area contributed by atoms with Gasteiger partial charge in [0.25, 0.3) is 0 Å². The third kappa shape index (κ3) is 1680. The van der Waals surface area contributed by atoms with E-state index >= 15 is 0 Å². The molecule has 0 aliphatic carbocycles. The Morgan fingerprint density at radius 2 is 0.409 bits per heavy atom. The van der Waals surface area contributed by atoms with Gasteiger partial charge in [-0.05, 0) is 0 Å². The van der Waals surface area contributed by atoms with Crippen molar-refractivity contribution in [1.29, 1.82) is 0 Å². The number of hydrogen-bond acceptors (Lipinski definition) is 12. The molecule has 0 unspecified atom stereocenters. The van der Waals surface area contributed by atoms with Gasteiger partial charge in [-0.15, -0.1) is 0 Å². The van der Waals surface area contributed by atoms with Gasteiger partial charge in [-0.3, -0.25) is 0 Å². The normalized spacial score (nSPS) is 8.05. The molecule has 0 aromatic heterocycles. The van der Waals surface area contributed by atoms with Crippen molar-refractivity contribution in [2.24, 2.45) is 0 Å². The summed E-state index contributed by atoms with van der Waals surface area (Å²) in [6, 6.07) is 0. The van der Waals surface area contributed by atoms with Crippen molar-refractivity contribution in [2.75, 3.05) is 0 Å². The molecule has 0 aromatic carbocycles. The molecule has 0 N–H and O–H groups in total. The number of hydrogen-bond donors (Lipinski definition) is 0. The first-order valence-electron chi connectivity index (χ1n) is 2.19. The molecule has 0 amide bonds. The van der Waals surface area contributed by atoms with Gasteiger partial charge in [-0.2, -0.15) is 23.5 Å². The molecule has 0 atom stereocenters. The van der Waals surface area contributed by atoms with E-state index in [0.717, 1.165) is 0 Å². The van der Waals surface area contributed by atoms with E-state index in [2.05, 4.69) is 0 Å². The summed E-state index contributed by atoms with van der Waals surface area (Å²) in [7, 11) is -16.2. The molecule has 0 bridgehead atoms. The summed E-state index contributed by atoms with van der Waals surface area (Å²) in [5.41, 5.74) is 0. The van der Waals surface area contributed by atoms with E-state index in [0.29, 0.717) is 0 Å². The molecule has 0 rings (SSSR count). The van der Waals surface area contributed by atoms with Gasteiger partial charge in [0.15, 0.2) is 0 Å². The van der Waals surface area contributed by atoms with Gasteiger partial charge >= 0.3 is 37.7 Å². The predicted octanol–water partition coefficient (Wildman–Crippen LogP) is -23.5. The van der Waals surface area contributed by atoms with Crippen LogP contribution in [0.2, 0.25) is 0 Å². The van der Waals surface area contributed by atoms with Crippen LogP contribution in [0.5, 0.6) is 0 Å². The second kappa shape index (κ2) is 28.3. The summed E-state index contributed by atoms with van der Waals surface area (Å²) in [5, 5.41) is 0. The Morgan fingerprint density at radius 3 is 0.409 bits per heavy atom. The van der Waals surface area contributed by atoms with Crippen LogP contribution < -0.4 is 95.9 Å². The minimum Gasteiger partial charge on any atom is -1.00 e. The van der Waals surface area contributed by atoms with Crippen LogP contribution in [0.4, 0.5) is 0 Å². The predicted molar refractivity (Wildman–Crippen MR) is 22.8 cm³/mol. The van der Waals surface area contributed by atoms with Crippen molar-refractivity contribution in [3.63, 3.8) is 0 Å². The van der Waals surface area contributed by atoms with Gasteiger partial charge in [0.1, 0.15) is 0 Å². The molecule has 0 fully saturated rings. The van der Waals surface area contributed by atoms with Crippen LogP contribution in [0.25, 0.3) is 0 Å². The summed E-state index contributed by atoms with van der Waals surface area (Å²) in [6.45, 7) is 0. The zero-order valence-electron chi connectivity index (χ0n) is 10.3. The topological polar surface area (TPSA) is 259 Å². The van der Waals surface area contributed by atoms with Crippen LogP contribution in [-0.4, -0.2) is 0 Å². The van der Waals surface area contributed by atoms with Crippen molar-refractivity contribution in [1.82, 2.24) is 0 Å². The van der Waals surface area contributed by atoms with E-state index < -0.39 is 23.5 Å². The number of phosphoric acid groups is 3. The van der Waals surface area contributed by atoms with Crippen LogP contribution >= 0.6 is 23.5 Å². The Bertz CT molecular complexity index is 228. The Morgan fingerprint density at radius 1 is 0.409 bits per heavy atom. The van der Waals surface area contributed by atoms with Crippen molar-refractivity contribution < 1.29 is 147 Å². The monoisotopic (exact) mass is 458 g/mol. The van der Waals surface area contributed by atoms with Crippen LogP contribution in [0.1, 0.15) is 0 Å². The zero-order valence-corrected chi connectivity index (χ0v) is 15.7. The average molecular weight is 458 g/mol. The molecule has 130 valence electrons. The first kappa shape index (κ1) is 64.4. The molecule has 0 heterocycles. The van der Waals surface area contributed by atoms with E-state index in [1.165, 1.54) is 0 Å². The van der Waals surface area contributed by atoms with Crippen molar-refractivity contribution in [3.05, 3.63) is 0 Å². The van der Waals surface area contributed by atoms with Crippen molar-refractivity contribution in [3.8, 4) is 0 Å². The molecule has 2 radical (unpaired) electrons. The summed E-state index contributed by atoms with van der Waals surface area (Å²) < 4.78 is 25.6. The Hall–Kier alpha value is 2.48. The fraction of sp³-hybridized carbons (Fsp3) is 0. The second-order valence-corrected chi connectivity index (χ2v) is 4.02. The van der Waals surface area contributed by atoms with Gasteiger partial charge < -0.3 is 71.8 Å². The molecular formula is F3Li2O12P3V2-10. The minimum atomic E-state index is -5.39. The maximum Gasteiger partial charge on any atom is 1.00 e. The third-order valence-electron chi connectivity index (χ3n) is 0. The van der Waals surface area contributed by atoms with E-state index in [9.17, 15) is 0 Å². The summed E-state index contributed by atoms with van der Waals surface area (Å²) in [4.78, 5) is 76.9. The molecule has 0 aliphatic rings. The molecule has 22 heavy (non-hydrogen) atoms. The van der Waals surface area contributed by atoms with Crippen LogP contribution in [0.15, 0.2) is 0 Å². The molecule has 12 nitrogen and oxygen atoms in total. The van der Waals surface area contributed by atoms with Crippen LogP contribution in [-0.2, 0) is 50.8 Å². The first-order valence-corrected chi connectivity index (χ1v) is 6.57. The summed E-state index contributed by atoms with van der Waals surface area (Å²) in [6.07, 6.45) is 0. The Labute approximate surface area is 169 Å². The smallest absolute Gasteiger partial charge is 1.00 e. The number of rotatable bonds is 0. The zero-order chi connectivity index (χ0) is 13.5. The van der Waals surface area contributed by atoms with Crippen LogP contribution in [0.3, 0.4) is 0 Å². The molecule has 0 aliphatic heterocycles. The van der Waals surface area contributed by atoms with Crippen molar-refractivity contribution >= 4 is 23.5 Å². The SMILES string of the molecule is O=P([O-])([O-])[O-].O=P([O-])([O-])[O-].O=P([O-])([O-])[O-].[F-].[F-].[F-].[Li+].[Li+].[V].[V]. The Kier molecular flexibility index (Phi) is 82.8. The molecule has 0 saturated heterocycles. The Balaban J connectivity index is -0.0000000106. The molecule has 0 spiro atoms. The fourth-order valence-corrected chi connectivity index (χ4v) is 0. The first-order chi connectivity index (χ1) is 6.00. The molecule has 0 aromatic rings. The largest absolute Gasteiger partial charge is 1.00 e. The van der Waals surface area contributed by atoms with Gasteiger partial charge in [0.05, 0.1) is 0 Å². The molecule has 22 heteroatoms. The standard InChI is InChI=1S/3FH.2Li.3H3O4P.2V/c;;;;;3*1-5(2,3)4;;/h3*1H;;;3*(H3,1,2,3,4);;/q;;;2*+1;;;;;/p-12. The maximum absolute atomic E-state index is 8.55. The van der Waals surface area contributed by atoms with Gasteiger partial charge in [-0.25, -0.2) is 0 Å².